The van der Waals surface area contributed by atoms with Gasteiger partial charge in [-0.2, -0.15) is 0 Å². The lowest BCUT2D eigenvalue weighted by molar-refractivity contribution is 0.112. The number of aldehydes is 1. The Kier molecular flexibility index (Phi) is 9.00. The zero-order chi connectivity index (χ0) is 18.7. The number of carbonyl (C=O) groups excluding carboxylic acids is 1. The maximum Gasteiger partial charge on any atom is 0.190 e. The van der Waals surface area contributed by atoms with Crippen LogP contribution >= 0.6 is 0 Å². The first-order valence-electron chi connectivity index (χ1n) is 8.43. The minimum atomic E-state index is 0.00277. The van der Waals surface area contributed by atoms with E-state index in [0.29, 0.717) is 23.4 Å². The van der Waals surface area contributed by atoms with Gasteiger partial charge in [-0.15, -0.1) is 0 Å². The van der Waals surface area contributed by atoms with Crippen molar-refractivity contribution < 1.29 is 9.53 Å². The largest absolute Gasteiger partial charge is 0.496 e. The average molecular weight is 344 g/mol. The van der Waals surface area contributed by atoms with Crippen LogP contribution in [-0.2, 0) is 6.42 Å². The minimum Gasteiger partial charge on any atom is -0.496 e. The SMILES string of the molecule is CCCCCN=CC(Cc1cc(C=O)ccc1OC)=C(C)N=C(N)N. The second-order valence-electron chi connectivity index (χ2n) is 5.76. The van der Waals surface area contributed by atoms with E-state index in [4.69, 9.17) is 16.2 Å². The Bertz CT molecular complexity index is 659. The summed E-state index contributed by atoms with van der Waals surface area (Å²) in [4.78, 5) is 19.7. The van der Waals surface area contributed by atoms with Gasteiger partial charge in [-0.25, -0.2) is 4.99 Å². The van der Waals surface area contributed by atoms with Crippen molar-refractivity contribution in [1.82, 2.24) is 0 Å². The molecule has 0 aliphatic carbocycles. The number of unbranched alkanes of at least 4 members (excludes halogenated alkanes) is 2. The van der Waals surface area contributed by atoms with Crippen LogP contribution in [0.5, 0.6) is 5.75 Å². The van der Waals surface area contributed by atoms with E-state index in [9.17, 15) is 4.79 Å². The zero-order valence-corrected chi connectivity index (χ0v) is 15.3. The fourth-order valence-electron chi connectivity index (χ4n) is 2.38. The van der Waals surface area contributed by atoms with E-state index < -0.39 is 0 Å². The summed E-state index contributed by atoms with van der Waals surface area (Å²) in [5, 5.41) is 0. The molecule has 0 unspecified atom stereocenters. The van der Waals surface area contributed by atoms with Crippen molar-refractivity contribution in [2.24, 2.45) is 21.5 Å². The number of hydrogen-bond donors (Lipinski definition) is 2. The highest BCUT2D eigenvalue weighted by molar-refractivity contribution is 5.83. The molecule has 1 aromatic rings. The number of benzene rings is 1. The molecule has 0 spiro atoms. The molecule has 0 aliphatic rings. The van der Waals surface area contributed by atoms with Gasteiger partial charge in [-0.1, -0.05) is 19.8 Å². The summed E-state index contributed by atoms with van der Waals surface area (Å²) in [6.45, 7) is 4.76. The molecule has 0 saturated carbocycles. The molecule has 4 N–H and O–H groups in total. The van der Waals surface area contributed by atoms with Gasteiger partial charge < -0.3 is 16.2 Å². The smallest absolute Gasteiger partial charge is 0.190 e. The molecule has 0 atom stereocenters. The number of hydrogen-bond acceptors (Lipinski definition) is 4. The van der Waals surface area contributed by atoms with Gasteiger partial charge in [0.05, 0.1) is 7.11 Å². The van der Waals surface area contributed by atoms with Crippen LogP contribution in [0.3, 0.4) is 0 Å². The first kappa shape index (κ1) is 20.4. The number of guanidine groups is 1. The van der Waals surface area contributed by atoms with Crippen molar-refractivity contribution in [3.05, 3.63) is 40.6 Å². The lowest BCUT2D eigenvalue weighted by atomic mass is 10.0. The van der Waals surface area contributed by atoms with Crippen molar-refractivity contribution >= 4 is 18.5 Å². The van der Waals surface area contributed by atoms with Gasteiger partial charge in [-0.3, -0.25) is 9.79 Å². The lowest BCUT2D eigenvalue weighted by Gasteiger charge is -2.11. The first-order chi connectivity index (χ1) is 12.0. The Morgan fingerprint density at radius 2 is 2.04 bits per heavy atom. The molecule has 0 aromatic heterocycles. The summed E-state index contributed by atoms with van der Waals surface area (Å²) in [6, 6.07) is 5.31. The van der Waals surface area contributed by atoms with Crippen molar-refractivity contribution in [3.63, 3.8) is 0 Å². The van der Waals surface area contributed by atoms with Gasteiger partial charge in [-0.05, 0) is 42.7 Å². The van der Waals surface area contributed by atoms with Crippen LogP contribution in [0.1, 0.15) is 49.0 Å². The van der Waals surface area contributed by atoms with Gasteiger partial charge in [0.2, 0.25) is 0 Å². The molecule has 6 nitrogen and oxygen atoms in total. The van der Waals surface area contributed by atoms with Gasteiger partial charge in [0.15, 0.2) is 5.96 Å². The summed E-state index contributed by atoms with van der Waals surface area (Å²) in [6.07, 6.45) is 6.49. The fourth-order valence-corrected chi connectivity index (χ4v) is 2.38. The summed E-state index contributed by atoms with van der Waals surface area (Å²) >= 11 is 0. The molecule has 0 radical (unpaired) electrons. The van der Waals surface area contributed by atoms with Crippen LogP contribution in [0.25, 0.3) is 0 Å². The van der Waals surface area contributed by atoms with Crippen molar-refractivity contribution in [2.45, 2.75) is 39.5 Å². The maximum absolute atomic E-state index is 11.1. The number of ether oxygens (including phenoxy) is 1. The summed E-state index contributed by atoms with van der Waals surface area (Å²) in [5.74, 6) is 0.711. The van der Waals surface area contributed by atoms with Crippen LogP contribution in [0, 0.1) is 0 Å². The summed E-state index contributed by atoms with van der Waals surface area (Å²) < 4.78 is 5.40. The molecule has 0 heterocycles. The molecule has 0 fully saturated rings. The van der Waals surface area contributed by atoms with Crippen LogP contribution in [0.15, 0.2) is 39.5 Å². The number of methoxy groups -OCH3 is 1. The Labute approximate surface area is 149 Å². The Balaban J connectivity index is 3.12. The number of rotatable bonds is 10. The summed E-state index contributed by atoms with van der Waals surface area (Å²) in [5.41, 5.74) is 14.0. The molecule has 25 heavy (non-hydrogen) atoms. The highest BCUT2D eigenvalue weighted by atomic mass is 16.5. The predicted octanol–water partition coefficient (Wildman–Crippen LogP) is 2.86. The van der Waals surface area contributed by atoms with Gasteiger partial charge in [0.1, 0.15) is 12.0 Å². The Morgan fingerprint density at radius 3 is 2.64 bits per heavy atom. The molecule has 1 rings (SSSR count). The summed E-state index contributed by atoms with van der Waals surface area (Å²) in [7, 11) is 1.60. The lowest BCUT2D eigenvalue weighted by Crippen LogP contribution is -2.22. The number of carbonyl (C=O) groups is 1. The van der Waals surface area contributed by atoms with Gasteiger partial charge in [0.25, 0.3) is 0 Å². The normalized spacial score (nSPS) is 12.0. The van der Waals surface area contributed by atoms with Crippen molar-refractivity contribution in [1.29, 1.82) is 0 Å². The second kappa shape index (κ2) is 11.0. The Morgan fingerprint density at radius 1 is 1.28 bits per heavy atom. The van der Waals surface area contributed by atoms with E-state index in [-0.39, 0.29) is 5.96 Å². The Hall–Kier alpha value is -2.63. The molecule has 0 bridgehead atoms. The second-order valence-corrected chi connectivity index (χ2v) is 5.76. The van der Waals surface area contributed by atoms with Crippen molar-refractivity contribution in [2.75, 3.05) is 13.7 Å². The highest BCUT2D eigenvalue weighted by Crippen LogP contribution is 2.23. The van der Waals surface area contributed by atoms with Gasteiger partial charge >= 0.3 is 0 Å². The fraction of sp³-hybridized carbons (Fsp3) is 0.421. The molecule has 0 saturated heterocycles. The van der Waals surface area contributed by atoms with E-state index >= 15 is 0 Å². The van der Waals surface area contributed by atoms with E-state index in [0.717, 1.165) is 43.2 Å². The number of nitrogens with zero attached hydrogens (tertiary/aromatic N) is 2. The molecule has 6 heteroatoms. The standard InChI is InChI=1S/C19H28N4O2/c1-4-5-6-9-22-12-17(14(2)23-19(20)21)11-16-10-15(13-24)7-8-18(16)25-3/h7-8,10,12-13H,4-6,9,11H2,1-3H3,(H4,20,21,23). The number of nitrogens with two attached hydrogens (primary N) is 2. The van der Waals surface area contributed by atoms with E-state index in [2.05, 4.69) is 16.9 Å². The van der Waals surface area contributed by atoms with E-state index in [1.165, 1.54) is 0 Å². The highest BCUT2D eigenvalue weighted by Gasteiger charge is 2.09. The minimum absolute atomic E-state index is 0.00277. The van der Waals surface area contributed by atoms with E-state index in [1.807, 2.05) is 13.1 Å². The zero-order valence-electron chi connectivity index (χ0n) is 15.3. The topological polar surface area (TPSA) is 103 Å². The molecular weight excluding hydrogens is 316 g/mol. The van der Waals surface area contributed by atoms with Crippen LogP contribution in [0.2, 0.25) is 0 Å². The molecule has 1 aromatic carbocycles. The average Bonchev–Trinajstić information content (AvgIpc) is 2.59. The maximum atomic E-state index is 11.1. The van der Waals surface area contributed by atoms with E-state index in [1.54, 1.807) is 25.3 Å². The monoisotopic (exact) mass is 344 g/mol. The van der Waals surface area contributed by atoms with Crippen LogP contribution in [-0.4, -0.2) is 32.1 Å². The predicted molar refractivity (Wildman–Crippen MR) is 103 cm³/mol. The molecule has 136 valence electrons. The first-order valence-corrected chi connectivity index (χ1v) is 8.43. The number of aliphatic imine (C=N–C) groups is 2. The molecule has 0 aliphatic heterocycles. The van der Waals surface area contributed by atoms with Crippen LogP contribution < -0.4 is 16.2 Å². The number of allylic oxidation sites excluding steroid dienone is 2. The molecule has 0 amide bonds. The van der Waals surface area contributed by atoms with Crippen LogP contribution in [0.4, 0.5) is 0 Å². The third-order valence-electron chi connectivity index (χ3n) is 3.72. The quantitative estimate of drug-likeness (QED) is 0.295. The van der Waals surface area contributed by atoms with Crippen molar-refractivity contribution in [3.8, 4) is 5.75 Å². The third-order valence-corrected chi connectivity index (χ3v) is 3.72. The molecular formula is C19H28N4O2. The third kappa shape index (κ3) is 7.20. The van der Waals surface area contributed by atoms with Gasteiger partial charge in [0, 0.05) is 30.4 Å².